The molecule has 0 saturated heterocycles. The standard InChI is InChI=1S/C19H23NS/c1-2-13-8-9-14(21-13)11-17(20)19-16-10-7-12-5-3-4-6-15(12)18(16)19/h3-6,8-9,16-19H,2,7,10-11,20H2,1H3. The van der Waals surface area contributed by atoms with Crippen molar-refractivity contribution in [1.29, 1.82) is 0 Å². The predicted octanol–water partition coefficient (Wildman–Crippen LogP) is 4.16. The molecule has 2 aliphatic carbocycles. The molecule has 1 aromatic carbocycles. The molecule has 0 bridgehead atoms. The second kappa shape index (κ2) is 5.26. The van der Waals surface area contributed by atoms with Gasteiger partial charge in [0.25, 0.3) is 0 Å². The highest BCUT2D eigenvalue weighted by molar-refractivity contribution is 7.11. The minimum atomic E-state index is 0.328. The van der Waals surface area contributed by atoms with Gasteiger partial charge in [0.05, 0.1) is 0 Å². The maximum Gasteiger partial charge on any atom is 0.0124 e. The fourth-order valence-corrected chi connectivity index (χ4v) is 5.32. The number of fused-ring (bicyclic) bond motifs is 3. The average Bonchev–Trinajstić information content (AvgIpc) is 3.10. The zero-order valence-corrected chi connectivity index (χ0v) is 13.4. The second-order valence-corrected chi connectivity index (χ2v) is 7.85. The molecule has 110 valence electrons. The molecule has 2 aliphatic rings. The van der Waals surface area contributed by atoms with Gasteiger partial charge >= 0.3 is 0 Å². The zero-order valence-electron chi connectivity index (χ0n) is 12.6. The van der Waals surface area contributed by atoms with Gasteiger partial charge in [-0.3, -0.25) is 0 Å². The molecule has 1 heterocycles. The molecule has 4 rings (SSSR count). The van der Waals surface area contributed by atoms with Crippen molar-refractivity contribution in [3.8, 4) is 0 Å². The van der Waals surface area contributed by atoms with Crippen molar-refractivity contribution in [2.24, 2.45) is 17.6 Å². The lowest BCUT2D eigenvalue weighted by Crippen LogP contribution is -2.26. The first kappa shape index (κ1) is 13.5. The molecule has 2 N–H and O–H groups in total. The number of rotatable bonds is 4. The van der Waals surface area contributed by atoms with E-state index in [1.807, 2.05) is 11.3 Å². The number of hydrogen-bond acceptors (Lipinski definition) is 2. The summed E-state index contributed by atoms with van der Waals surface area (Å²) in [4.78, 5) is 2.95. The molecule has 1 aromatic heterocycles. The molecular weight excluding hydrogens is 274 g/mol. The van der Waals surface area contributed by atoms with Gasteiger partial charge in [-0.1, -0.05) is 31.2 Å². The Hall–Kier alpha value is -1.12. The summed E-state index contributed by atoms with van der Waals surface area (Å²) < 4.78 is 0. The van der Waals surface area contributed by atoms with Crippen LogP contribution in [0.3, 0.4) is 0 Å². The van der Waals surface area contributed by atoms with Gasteiger partial charge in [0.2, 0.25) is 0 Å². The van der Waals surface area contributed by atoms with Crippen LogP contribution in [-0.4, -0.2) is 6.04 Å². The highest BCUT2D eigenvalue weighted by Crippen LogP contribution is 2.61. The van der Waals surface area contributed by atoms with Crippen molar-refractivity contribution in [2.75, 3.05) is 0 Å². The van der Waals surface area contributed by atoms with E-state index in [9.17, 15) is 0 Å². The van der Waals surface area contributed by atoms with Crippen LogP contribution in [0.1, 0.15) is 40.1 Å². The van der Waals surface area contributed by atoms with E-state index in [0.29, 0.717) is 12.0 Å². The summed E-state index contributed by atoms with van der Waals surface area (Å²) in [6.45, 7) is 2.22. The highest BCUT2D eigenvalue weighted by atomic mass is 32.1. The molecule has 1 nitrogen and oxygen atoms in total. The quantitative estimate of drug-likeness (QED) is 0.901. The molecule has 1 fully saturated rings. The van der Waals surface area contributed by atoms with Gasteiger partial charge in [-0.05, 0) is 66.7 Å². The van der Waals surface area contributed by atoms with Crippen LogP contribution in [0.15, 0.2) is 36.4 Å². The molecule has 4 unspecified atom stereocenters. The molecule has 21 heavy (non-hydrogen) atoms. The van der Waals surface area contributed by atoms with E-state index in [1.54, 1.807) is 11.1 Å². The monoisotopic (exact) mass is 297 g/mol. The average molecular weight is 297 g/mol. The minimum absolute atomic E-state index is 0.328. The minimum Gasteiger partial charge on any atom is -0.327 e. The number of aryl methyl sites for hydroxylation is 2. The van der Waals surface area contributed by atoms with E-state index in [-0.39, 0.29) is 0 Å². The largest absolute Gasteiger partial charge is 0.327 e. The number of benzene rings is 1. The van der Waals surface area contributed by atoms with Crippen molar-refractivity contribution in [2.45, 2.75) is 44.6 Å². The van der Waals surface area contributed by atoms with E-state index >= 15 is 0 Å². The summed E-state index contributed by atoms with van der Waals surface area (Å²) in [5.41, 5.74) is 9.74. The third kappa shape index (κ3) is 2.35. The van der Waals surface area contributed by atoms with Crippen LogP contribution in [0.2, 0.25) is 0 Å². The van der Waals surface area contributed by atoms with E-state index < -0.39 is 0 Å². The first-order valence-electron chi connectivity index (χ1n) is 8.19. The predicted molar refractivity (Wildman–Crippen MR) is 89.9 cm³/mol. The van der Waals surface area contributed by atoms with Gasteiger partial charge in [0.1, 0.15) is 0 Å². The summed E-state index contributed by atoms with van der Waals surface area (Å²) in [7, 11) is 0. The maximum atomic E-state index is 6.59. The lowest BCUT2D eigenvalue weighted by molar-refractivity contribution is 0.534. The Morgan fingerprint density at radius 2 is 2.00 bits per heavy atom. The molecule has 0 aliphatic heterocycles. The van der Waals surface area contributed by atoms with Crippen LogP contribution >= 0.6 is 11.3 Å². The van der Waals surface area contributed by atoms with Gasteiger partial charge < -0.3 is 5.73 Å². The molecule has 1 saturated carbocycles. The lowest BCUT2D eigenvalue weighted by atomic mass is 9.92. The molecule has 4 atom stereocenters. The molecular formula is C19H23NS. The Kier molecular flexibility index (Phi) is 3.39. The molecule has 2 heteroatoms. The van der Waals surface area contributed by atoms with Gasteiger partial charge in [0.15, 0.2) is 0 Å². The second-order valence-electron chi connectivity index (χ2n) is 6.59. The van der Waals surface area contributed by atoms with Crippen LogP contribution in [-0.2, 0) is 19.3 Å². The number of nitrogens with two attached hydrogens (primary N) is 1. The van der Waals surface area contributed by atoms with Crippen molar-refractivity contribution in [3.63, 3.8) is 0 Å². The fourth-order valence-electron chi connectivity index (χ4n) is 4.29. The third-order valence-electron chi connectivity index (χ3n) is 5.39. The Morgan fingerprint density at radius 3 is 2.81 bits per heavy atom. The van der Waals surface area contributed by atoms with Crippen LogP contribution < -0.4 is 5.73 Å². The van der Waals surface area contributed by atoms with Crippen LogP contribution in [0.4, 0.5) is 0 Å². The first-order chi connectivity index (χ1) is 10.3. The summed E-state index contributed by atoms with van der Waals surface area (Å²) in [5, 5.41) is 0. The Morgan fingerprint density at radius 1 is 1.19 bits per heavy atom. The maximum absolute atomic E-state index is 6.59. The summed E-state index contributed by atoms with van der Waals surface area (Å²) >= 11 is 1.95. The SMILES string of the molecule is CCc1ccc(CC(N)C2C3CCc4ccccc4C32)s1. The lowest BCUT2D eigenvalue weighted by Gasteiger charge is -2.13. The number of thiophene rings is 1. The van der Waals surface area contributed by atoms with Crippen molar-refractivity contribution < 1.29 is 0 Å². The molecule has 0 amide bonds. The van der Waals surface area contributed by atoms with E-state index in [2.05, 4.69) is 43.3 Å². The van der Waals surface area contributed by atoms with Crippen LogP contribution in [0, 0.1) is 11.8 Å². The van der Waals surface area contributed by atoms with Crippen molar-refractivity contribution >= 4 is 11.3 Å². The van der Waals surface area contributed by atoms with Crippen LogP contribution in [0.25, 0.3) is 0 Å². The Balaban J connectivity index is 1.49. The first-order valence-corrected chi connectivity index (χ1v) is 9.00. The Bertz CT molecular complexity index is 645. The van der Waals surface area contributed by atoms with Crippen molar-refractivity contribution in [3.05, 3.63) is 57.3 Å². The van der Waals surface area contributed by atoms with Gasteiger partial charge in [0, 0.05) is 15.8 Å². The normalized spacial score (nSPS) is 27.8. The topological polar surface area (TPSA) is 26.0 Å². The van der Waals surface area contributed by atoms with Crippen LogP contribution in [0.5, 0.6) is 0 Å². The summed E-state index contributed by atoms with van der Waals surface area (Å²) in [5.74, 6) is 2.30. The molecule has 0 spiro atoms. The molecule has 2 aromatic rings. The van der Waals surface area contributed by atoms with E-state index in [1.165, 1.54) is 22.6 Å². The van der Waals surface area contributed by atoms with Gasteiger partial charge in [-0.25, -0.2) is 0 Å². The van der Waals surface area contributed by atoms with E-state index in [4.69, 9.17) is 5.73 Å². The third-order valence-corrected chi connectivity index (χ3v) is 6.64. The summed E-state index contributed by atoms with van der Waals surface area (Å²) in [6.07, 6.45) is 4.79. The summed E-state index contributed by atoms with van der Waals surface area (Å²) in [6, 6.07) is 13.9. The highest BCUT2D eigenvalue weighted by Gasteiger charge is 2.55. The van der Waals surface area contributed by atoms with Gasteiger partial charge in [-0.15, -0.1) is 11.3 Å². The van der Waals surface area contributed by atoms with E-state index in [0.717, 1.165) is 24.7 Å². The zero-order chi connectivity index (χ0) is 14.4. The number of hydrogen-bond donors (Lipinski definition) is 1. The molecule has 0 radical (unpaired) electrons. The van der Waals surface area contributed by atoms with Gasteiger partial charge in [-0.2, -0.15) is 0 Å². The Labute approximate surface area is 131 Å². The van der Waals surface area contributed by atoms with Crippen molar-refractivity contribution in [1.82, 2.24) is 0 Å². The fraction of sp³-hybridized carbons (Fsp3) is 0.474. The smallest absolute Gasteiger partial charge is 0.0124 e.